The van der Waals surface area contributed by atoms with Gasteiger partial charge in [-0.05, 0) is 36.0 Å². The molecule has 1 unspecified atom stereocenters. The van der Waals surface area contributed by atoms with Crippen molar-refractivity contribution in [1.29, 1.82) is 0 Å². The molecule has 0 bridgehead atoms. The van der Waals surface area contributed by atoms with E-state index in [9.17, 15) is 4.79 Å². The number of benzene rings is 1. The number of hydrogen-bond donors (Lipinski definition) is 0. The lowest BCUT2D eigenvalue weighted by atomic mass is 9.85. The molecule has 0 N–H and O–H groups in total. The first-order valence-electron chi connectivity index (χ1n) is 5.54. The Morgan fingerprint density at radius 2 is 2.00 bits per heavy atom. The van der Waals surface area contributed by atoms with Crippen molar-refractivity contribution in [2.75, 3.05) is 0 Å². The van der Waals surface area contributed by atoms with E-state index >= 15 is 0 Å². The Morgan fingerprint density at radius 1 is 1.27 bits per heavy atom. The molecule has 0 aliphatic heterocycles. The molecular weight excluding hydrogens is 184 g/mol. The van der Waals surface area contributed by atoms with Crippen molar-refractivity contribution >= 4 is 11.9 Å². The molecule has 1 nitrogen and oxygen atoms in total. The number of ketones is 1. The van der Waals surface area contributed by atoms with E-state index in [0.29, 0.717) is 11.7 Å². The Morgan fingerprint density at radius 3 is 2.73 bits per heavy atom. The molecule has 1 aromatic carbocycles. The third-order valence-corrected chi connectivity index (χ3v) is 2.93. The van der Waals surface area contributed by atoms with E-state index in [0.717, 1.165) is 30.4 Å². The maximum absolute atomic E-state index is 11.7. The Kier molecular flexibility index (Phi) is 3.00. The quantitative estimate of drug-likeness (QED) is 0.634. The second kappa shape index (κ2) is 4.43. The van der Waals surface area contributed by atoms with E-state index in [2.05, 4.69) is 6.92 Å². The number of hydrogen-bond acceptors (Lipinski definition) is 1. The van der Waals surface area contributed by atoms with Crippen LogP contribution in [-0.4, -0.2) is 5.78 Å². The van der Waals surface area contributed by atoms with Gasteiger partial charge in [0.15, 0.2) is 5.78 Å². The van der Waals surface area contributed by atoms with Gasteiger partial charge in [0, 0.05) is 6.42 Å². The normalized spacial score (nSPS) is 24.5. The first-order chi connectivity index (χ1) is 7.25. The molecule has 15 heavy (non-hydrogen) atoms. The van der Waals surface area contributed by atoms with Crippen LogP contribution >= 0.6 is 0 Å². The highest BCUT2D eigenvalue weighted by Gasteiger charge is 2.19. The van der Waals surface area contributed by atoms with Crippen molar-refractivity contribution in [2.45, 2.75) is 26.2 Å². The summed E-state index contributed by atoms with van der Waals surface area (Å²) in [6.45, 7) is 2.21. The SMILES string of the molecule is CC1CCC(=O)C(=Cc2ccccc2)C1. The monoisotopic (exact) mass is 200 g/mol. The molecule has 0 aromatic heterocycles. The summed E-state index contributed by atoms with van der Waals surface area (Å²) in [6.07, 6.45) is 4.75. The number of Topliss-reactive ketones (excluding diaryl/α,β-unsaturated/α-hetero) is 1. The molecule has 1 heteroatoms. The summed E-state index contributed by atoms with van der Waals surface area (Å²) >= 11 is 0. The molecule has 2 rings (SSSR count). The molecule has 0 radical (unpaired) electrons. The molecule has 1 fully saturated rings. The average Bonchev–Trinajstić information content (AvgIpc) is 2.25. The summed E-state index contributed by atoms with van der Waals surface area (Å²) in [5, 5.41) is 0. The zero-order valence-corrected chi connectivity index (χ0v) is 9.07. The van der Waals surface area contributed by atoms with Crippen LogP contribution in [0.5, 0.6) is 0 Å². The highest BCUT2D eigenvalue weighted by molar-refractivity contribution is 6.00. The van der Waals surface area contributed by atoms with E-state index in [1.807, 2.05) is 36.4 Å². The number of rotatable bonds is 1. The zero-order valence-electron chi connectivity index (χ0n) is 9.07. The van der Waals surface area contributed by atoms with Gasteiger partial charge in [0.2, 0.25) is 0 Å². The Hall–Kier alpha value is -1.37. The molecule has 1 atom stereocenters. The van der Waals surface area contributed by atoms with Crippen LogP contribution in [0.25, 0.3) is 6.08 Å². The predicted octanol–water partition coefficient (Wildman–Crippen LogP) is 3.46. The highest BCUT2D eigenvalue weighted by atomic mass is 16.1. The zero-order chi connectivity index (χ0) is 10.7. The second-order valence-electron chi connectivity index (χ2n) is 4.35. The van der Waals surface area contributed by atoms with Crippen molar-refractivity contribution in [3.63, 3.8) is 0 Å². The lowest BCUT2D eigenvalue weighted by Crippen LogP contribution is -2.14. The molecule has 0 saturated heterocycles. The van der Waals surface area contributed by atoms with E-state index < -0.39 is 0 Å². The van der Waals surface area contributed by atoms with Gasteiger partial charge in [-0.2, -0.15) is 0 Å². The van der Waals surface area contributed by atoms with Crippen molar-refractivity contribution in [1.82, 2.24) is 0 Å². The van der Waals surface area contributed by atoms with Gasteiger partial charge in [0.1, 0.15) is 0 Å². The molecule has 1 aromatic rings. The summed E-state index contributed by atoms with van der Waals surface area (Å²) < 4.78 is 0. The van der Waals surface area contributed by atoms with Crippen molar-refractivity contribution < 1.29 is 4.79 Å². The van der Waals surface area contributed by atoms with E-state index in [1.54, 1.807) is 0 Å². The van der Waals surface area contributed by atoms with Crippen molar-refractivity contribution in [2.24, 2.45) is 5.92 Å². The largest absolute Gasteiger partial charge is 0.295 e. The lowest BCUT2D eigenvalue weighted by molar-refractivity contribution is -0.116. The molecule has 1 aliphatic rings. The van der Waals surface area contributed by atoms with Crippen molar-refractivity contribution in [3.8, 4) is 0 Å². The molecule has 0 spiro atoms. The number of carbonyl (C=O) groups excluding carboxylic acids is 1. The van der Waals surface area contributed by atoms with Crippen LogP contribution in [0.15, 0.2) is 35.9 Å². The van der Waals surface area contributed by atoms with Crippen LogP contribution in [0.1, 0.15) is 31.7 Å². The van der Waals surface area contributed by atoms with Crippen LogP contribution in [0.3, 0.4) is 0 Å². The van der Waals surface area contributed by atoms with E-state index in [4.69, 9.17) is 0 Å². The molecular formula is C14H16O. The fourth-order valence-electron chi connectivity index (χ4n) is 2.02. The van der Waals surface area contributed by atoms with E-state index in [1.165, 1.54) is 0 Å². The summed E-state index contributed by atoms with van der Waals surface area (Å²) in [6, 6.07) is 10.1. The lowest BCUT2D eigenvalue weighted by Gasteiger charge is -2.19. The third kappa shape index (κ3) is 2.56. The fraction of sp³-hybridized carbons (Fsp3) is 0.357. The molecule has 0 heterocycles. The smallest absolute Gasteiger partial charge is 0.158 e. The molecule has 1 saturated carbocycles. The standard InChI is InChI=1S/C14H16O/c1-11-7-8-14(15)13(9-11)10-12-5-3-2-4-6-12/h2-6,10-11H,7-9H2,1H3. The fourth-order valence-corrected chi connectivity index (χ4v) is 2.02. The van der Waals surface area contributed by atoms with Crippen LogP contribution < -0.4 is 0 Å². The second-order valence-corrected chi connectivity index (χ2v) is 4.35. The molecule has 0 amide bonds. The Balaban J connectivity index is 2.22. The van der Waals surface area contributed by atoms with Gasteiger partial charge in [0.25, 0.3) is 0 Å². The maximum Gasteiger partial charge on any atom is 0.158 e. The van der Waals surface area contributed by atoms with E-state index in [-0.39, 0.29) is 0 Å². The van der Waals surface area contributed by atoms with Gasteiger partial charge < -0.3 is 0 Å². The minimum atomic E-state index is 0.331. The highest BCUT2D eigenvalue weighted by Crippen LogP contribution is 2.26. The summed E-state index contributed by atoms with van der Waals surface area (Å²) in [5.41, 5.74) is 2.13. The summed E-state index contributed by atoms with van der Waals surface area (Å²) in [4.78, 5) is 11.7. The van der Waals surface area contributed by atoms with Gasteiger partial charge in [0.05, 0.1) is 0 Å². The van der Waals surface area contributed by atoms with Crippen LogP contribution in [-0.2, 0) is 4.79 Å². The minimum absolute atomic E-state index is 0.331. The van der Waals surface area contributed by atoms with Crippen LogP contribution in [0.2, 0.25) is 0 Å². The third-order valence-electron chi connectivity index (χ3n) is 2.93. The Bertz CT molecular complexity index is 376. The molecule has 1 aliphatic carbocycles. The first-order valence-corrected chi connectivity index (χ1v) is 5.54. The topological polar surface area (TPSA) is 17.1 Å². The van der Waals surface area contributed by atoms with Gasteiger partial charge in [-0.3, -0.25) is 4.79 Å². The number of carbonyl (C=O) groups is 1. The maximum atomic E-state index is 11.7. The van der Waals surface area contributed by atoms with Crippen LogP contribution in [0, 0.1) is 5.92 Å². The van der Waals surface area contributed by atoms with Gasteiger partial charge in [-0.15, -0.1) is 0 Å². The Labute approximate surface area is 90.8 Å². The van der Waals surface area contributed by atoms with Gasteiger partial charge in [-0.1, -0.05) is 37.3 Å². The van der Waals surface area contributed by atoms with Crippen LogP contribution in [0.4, 0.5) is 0 Å². The average molecular weight is 200 g/mol. The predicted molar refractivity (Wildman–Crippen MR) is 62.4 cm³/mol. The number of allylic oxidation sites excluding steroid dienone is 1. The summed E-state index contributed by atoms with van der Waals surface area (Å²) in [5.74, 6) is 0.981. The molecule has 78 valence electrons. The minimum Gasteiger partial charge on any atom is -0.295 e. The van der Waals surface area contributed by atoms with Gasteiger partial charge in [-0.25, -0.2) is 0 Å². The van der Waals surface area contributed by atoms with Gasteiger partial charge >= 0.3 is 0 Å². The van der Waals surface area contributed by atoms with Crippen molar-refractivity contribution in [3.05, 3.63) is 41.5 Å². The summed E-state index contributed by atoms with van der Waals surface area (Å²) in [7, 11) is 0. The first kappa shape index (κ1) is 10.2.